The highest BCUT2D eigenvalue weighted by Crippen LogP contribution is 2.29. The van der Waals surface area contributed by atoms with Crippen molar-refractivity contribution in [3.05, 3.63) is 26.8 Å². The zero-order valence-corrected chi connectivity index (χ0v) is 13.0. The Morgan fingerprint density at radius 1 is 1.38 bits per heavy atom. The third-order valence-electron chi connectivity index (χ3n) is 1.83. The summed E-state index contributed by atoms with van der Waals surface area (Å²) in [5.74, 6) is -0.423. The van der Waals surface area contributed by atoms with Crippen molar-refractivity contribution >= 4 is 36.9 Å². The SMILES string of the molecule is Cc1cc(I)c(O[Si](C)(C)C)c(C(=O)O)c1. The van der Waals surface area contributed by atoms with Crippen LogP contribution in [0.1, 0.15) is 15.9 Å². The lowest BCUT2D eigenvalue weighted by molar-refractivity contribution is 0.0694. The number of aryl methyl sites for hydroxylation is 1. The molecule has 88 valence electrons. The van der Waals surface area contributed by atoms with Crippen molar-refractivity contribution in [2.24, 2.45) is 0 Å². The second-order valence-corrected chi connectivity index (χ2v) is 10.2. The molecule has 0 atom stereocenters. The Hall–Kier alpha value is -0.563. The normalized spacial score (nSPS) is 11.3. The fourth-order valence-corrected chi connectivity index (χ4v) is 3.23. The summed E-state index contributed by atoms with van der Waals surface area (Å²) in [4.78, 5) is 11.1. The predicted molar refractivity (Wildman–Crippen MR) is 74.8 cm³/mol. The lowest BCUT2D eigenvalue weighted by Crippen LogP contribution is -2.30. The number of hydrogen-bond acceptors (Lipinski definition) is 2. The molecule has 0 radical (unpaired) electrons. The molecule has 0 aromatic heterocycles. The van der Waals surface area contributed by atoms with Crippen molar-refractivity contribution in [1.29, 1.82) is 0 Å². The first-order valence-electron chi connectivity index (χ1n) is 4.93. The Balaban J connectivity index is 3.30. The van der Waals surface area contributed by atoms with E-state index in [2.05, 4.69) is 22.6 Å². The molecular formula is C11H15IO3Si. The van der Waals surface area contributed by atoms with E-state index in [0.29, 0.717) is 5.75 Å². The third kappa shape index (κ3) is 3.48. The molecule has 0 aliphatic carbocycles. The molecule has 0 saturated heterocycles. The van der Waals surface area contributed by atoms with Gasteiger partial charge in [-0.1, -0.05) is 0 Å². The fraction of sp³-hybridized carbons (Fsp3) is 0.364. The van der Waals surface area contributed by atoms with Crippen LogP contribution in [0.3, 0.4) is 0 Å². The van der Waals surface area contributed by atoms with Crippen LogP contribution in [-0.2, 0) is 0 Å². The lowest BCUT2D eigenvalue weighted by Gasteiger charge is -2.22. The van der Waals surface area contributed by atoms with Crippen molar-refractivity contribution in [3.63, 3.8) is 0 Å². The van der Waals surface area contributed by atoms with Gasteiger partial charge in [-0.25, -0.2) is 4.79 Å². The van der Waals surface area contributed by atoms with E-state index in [0.717, 1.165) is 9.13 Å². The standard InChI is InChI=1S/C11H15IO3Si/c1-7-5-8(11(13)14)10(9(12)6-7)15-16(2,3)4/h5-6H,1-4H3,(H,13,14). The molecule has 0 aliphatic heterocycles. The van der Waals surface area contributed by atoms with Crippen molar-refractivity contribution in [2.75, 3.05) is 0 Å². The van der Waals surface area contributed by atoms with Gasteiger partial charge < -0.3 is 9.53 Å². The minimum absolute atomic E-state index is 0.256. The first-order valence-corrected chi connectivity index (χ1v) is 9.42. The summed E-state index contributed by atoms with van der Waals surface area (Å²) >= 11 is 2.12. The van der Waals surface area contributed by atoms with E-state index in [4.69, 9.17) is 9.53 Å². The Labute approximate surface area is 110 Å². The minimum atomic E-state index is -1.79. The molecule has 1 aromatic rings. The van der Waals surface area contributed by atoms with Crippen LogP contribution in [0.25, 0.3) is 0 Å². The molecular weight excluding hydrogens is 335 g/mol. The van der Waals surface area contributed by atoms with E-state index in [-0.39, 0.29) is 5.56 Å². The van der Waals surface area contributed by atoms with Gasteiger partial charge in [0.15, 0.2) is 0 Å². The number of aromatic carboxylic acids is 1. The van der Waals surface area contributed by atoms with Crippen molar-refractivity contribution in [2.45, 2.75) is 26.6 Å². The smallest absolute Gasteiger partial charge is 0.339 e. The maximum atomic E-state index is 11.1. The maximum Gasteiger partial charge on any atom is 0.339 e. The van der Waals surface area contributed by atoms with E-state index in [1.54, 1.807) is 6.07 Å². The molecule has 0 saturated carbocycles. The van der Waals surface area contributed by atoms with Crippen LogP contribution in [0.4, 0.5) is 0 Å². The van der Waals surface area contributed by atoms with Gasteiger partial charge in [0.2, 0.25) is 8.32 Å². The van der Waals surface area contributed by atoms with Gasteiger partial charge in [-0.15, -0.1) is 0 Å². The number of hydrogen-bond donors (Lipinski definition) is 1. The maximum absolute atomic E-state index is 11.1. The van der Waals surface area contributed by atoms with E-state index in [9.17, 15) is 4.79 Å². The number of benzene rings is 1. The van der Waals surface area contributed by atoms with Crippen LogP contribution in [0.5, 0.6) is 5.75 Å². The van der Waals surface area contributed by atoms with Crippen molar-refractivity contribution in [3.8, 4) is 5.75 Å². The molecule has 3 nitrogen and oxygen atoms in total. The molecule has 0 heterocycles. The molecule has 1 N–H and O–H groups in total. The first-order chi connectivity index (χ1) is 7.20. The fourth-order valence-electron chi connectivity index (χ4n) is 1.30. The summed E-state index contributed by atoms with van der Waals surface area (Å²) in [5, 5.41) is 9.14. The van der Waals surface area contributed by atoms with Crippen LogP contribution < -0.4 is 4.43 Å². The number of carboxylic acids is 1. The second kappa shape index (κ2) is 4.75. The van der Waals surface area contributed by atoms with E-state index >= 15 is 0 Å². The average Bonchev–Trinajstić information content (AvgIpc) is 2.07. The highest BCUT2D eigenvalue weighted by molar-refractivity contribution is 14.1. The molecule has 1 rings (SSSR count). The number of carboxylic acid groups (broad SMARTS) is 1. The Morgan fingerprint density at radius 2 is 1.94 bits per heavy atom. The lowest BCUT2D eigenvalue weighted by atomic mass is 10.1. The van der Waals surface area contributed by atoms with Crippen LogP contribution in [0.15, 0.2) is 12.1 Å². The number of carbonyl (C=O) groups is 1. The molecule has 16 heavy (non-hydrogen) atoms. The van der Waals surface area contributed by atoms with Gasteiger partial charge in [-0.2, -0.15) is 0 Å². The monoisotopic (exact) mass is 350 g/mol. The van der Waals surface area contributed by atoms with Crippen LogP contribution in [0.2, 0.25) is 19.6 Å². The summed E-state index contributed by atoms with van der Waals surface area (Å²) in [6.45, 7) is 7.99. The van der Waals surface area contributed by atoms with Gasteiger partial charge >= 0.3 is 5.97 Å². The van der Waals surface area contributed by atoms with Crippen LogP contribution in [0, 0.1) is 10.5 Å². The van der Waals surface area contributed by atoms with Gasteiger partial charge in [-0.05, 0) is 66.9 Å². The van der Waals surface area contributed by atoms with Crippen molar-refractivity contribution in [1.82, 2.24) is 0 Å². The highest BCUT2D eigenvalue weighted by Gasteiger charge is 2.22. The summed E-state index contributed by atoms with van der Waals surface area (Å²) < 4.78 is 6.69. The quantitative estimate of drug-likeness (QED) is 0.670. The summed E-state index contributed by atoms with van der Waals surface area (Å²) in [5.41, 5.74) is 1.19. The van der Waals surface area contributed by atoms with Gasteiger partial charge in [0, 0.05) is 0 Å². The van der Waals surface area contributed by atoms with E-state index in [1.807, 2.05) is 32.6 Å². The first kappa shape index (κ1) is 13.5. The molecule has 0 bridgehead atoms. The van der Waals surface area contributed by atoms with Gasteiger partial charge in [0.1, 0.15) is 11.3 Å². The second-order valence-electron chi connectivity index (χ2n) is 4.64. The summed E-state index contributed by atoms with van der Waals surface area (Å²) in [6, 6.07) is 3.59. The summed E-state index contributed by atoms with van der Waals surface area (Å²) in [7, 11) is -1.79. The molecule has 0 spiro atoms. The predicted octanol–water partition coefficient (Wildman–Crippen LogP) is 3.51. The zero-order valence-electron chi connectivity index (χ0n) is 9.80. The molecule has 0 fully saturated rings. The van der Waals surface area contributed by atoms with Gasteiger partial charge in [0.25, 0.3) is 0 Å². The molecule has 1 aromatic carbocycles. The van der Waals surface area contributed by atoms with E-state index < -0.39 is 14.3 Å². The van der Waals surface area contributed by atoms with Crippen LogP contribution >= 0.6 is 22.6 Å². The van der Waals surface area contributed by atoms with Gasteiger partial charge in [-0.3, -0.25) is 0 Å². The topological polar surface area (TPSA) is 46.5 Å². The molecule has 5 heteroatoms. The van der Waals surface area contributed by atoms with Crippen LogP contribution in [-0.4, -0.2) is 19.4 Å². The number of halogens is 1. The third-order valence-corrected chi connectivity index (χ3v) is 3.44. The highest BCUT2D eigenvalue weighted by atomic mass is 127. The van der Waals surface area contributed by atoms with Gasteiger partial charge in [0.05, 0.1) is 3.57 Å². The van der Waals surface area contributed by atoms with Crippen molar-refractivity contribution < 1.29 is 14.3 Å². The zero-order chi connectivity index (χ0) is 12.5. The Bertz CT molecular complexity index is 424. The minimum Gasteiger partial charge on any atom is -0.543 e. The molecule has 0 unspecified atom stereocenters. The number of rotatable bonds is 3. The largest absolute Gasteiger partial charge is 0.543 e. The molecule has 0 amide bonds. The average molecular weight is 350 g/mol. The Morgan fingerprint density at radius 3 is 2.38 bits per heavy atom. The van der Waals surface area contributed by atoms with E-state index in [1.165, 1.54) is 0 Å². The molecule has 0 aliphatic rings. The Kier molecular flexibility index (Phi) is 4.00. The summed E-state index contributed by atoms with van der Waals surface area (Å²) in [6.07, 6.45) is 0.